The number of carbonyl (C=O) groups excluding carboxylic acids is 2. The minimum atomic E-state index is -0.798. The maximum absolute atomic E-state index is 12.2. The zero-order chi connectivity index (χ0) is 20.5. The minimum Gasteiger partial charge on any atom is -0.452 e. The van der Waals surface area contributed by atoms with Crippen molar-refractivity contribution in [3.63, 3.8) is 0 Å². The summed E-state index contributed by atoms with van der Waals surface area (Å²) in [4.78, 5) is 34.8. The van der Waals surface area contributed by atoms with Crippen molar-refractivity contribution >= 4 is 28.9 Å². The number of nitrogens with one attached hydrogen (secondary N) is 2. The Bertz CT molecular complexity index is 839. The van der Waals surface area contributed by atoms with Gasteiger partial charge in [-0.3, -0.25) is 14.9 Å². The Hall–Kier alpha value is -3.42. The van der Waals surface area contributed by atoms with Gasteiger partial charge in [0.2, 0.25) is 0 Å². The second-order valence-corrected chi connectivity index (χ2v) is 6.31. The lowest BCUT2D eigenvalue weighted by Crippen LogP contribution is -2.35. The van der Waals surface area contributed by atoms with Gasteiger partial charge in [0.15, 0.2) is 6.61 Å². The van der Waals surface area contributed by atoms with Gasteiger partial charge < -0.3 is 15.4 Å². The third-order valence-corrected chi connectivity index (χ3v) is 3.95. The van der Waals surface area contributed by atoms with E-state index in [-0.39, 0.29) is 23.0 Å². The number of para-hydroxylation sites is 1. The summed E-state index contributed by atoms with van der Waals surface area (Å²) in [6, 6.07) is 12.9. The summed E-state index contributed by atoms with van der Waals surface area (Å²) >= 11 is 0. The van der Waals surface area contributed by atoms with E-state index >= 15 is 0 Å². The van der Waals surface area contributed by atoms with Crippen LogP contribution >= 0.6 is 0 Å². The first kappa shape index (κ1) is 20.9. The highest BCUT2D eigenvalue weighted by molar-refractivity contribution is 5.93. The molecule has 28 heavy (non-hydrogen) atoms. The quantitative estimate of drug-likeness (QED) is 0.386. The van der Waals surface area contributed by atoms with Crippen LogP contribution in [-0.4, -0.2) is 29.4 Å². The van der Waals surface area contributed by atoms with Crippen molar-refractivity contribution in [1.29, 1.82) is 0 Å². The van der Waals surface area contributed by atoms with Crippen LogP contribution in [0.15, 0.2) is 48.5 Å². The number of amides is 1. The van der Waals surface area contributed by atoms with Gasteiger partial charge in [-0.15, -0.1) is 0 Å². The molecular formula is C20H23N3O5. The lowest BCUT2D eigenvalue weighted by molar-refractivity contribution is -0.383. The number of rotatable bonds is 9. The molecule has 0 radical (unpaired) electrons. The summed E-state index contributed by atoms with van der Waals surface area (Å²) in [7, 11) is 0. The van der Waals surface area contributed by atoms with E-state index < -0.39 is 23.4 Å². The minimum absolute atomic E-state index is 0.000261. The predicted octanol–water partition coefficient (Wildman–Crippen LogP) is 3.80. The predicted molar refractivity (Wildman–Crippen MR) is 106 cm³/mol. The van der Waals surface area contributed by atoms with E-state index in [0.717, 1.165) is 18.9 Å². The maximum atomic E-state index is 12.2. The van der Waals surface area contributed by atoms with Gasteiger partial charge in [-0.05, 0) is 37.6 Å². The highest BCUT2D eigenvalue weighted by Gasteiger charge is 2.19. The average molecular weight is 385 g/mol. The van der Waals surface area contributed by atoms with Crippen molar-refractivity contribution in [3.8, 4) is 0 Å². The molecule has 1 amide bonds. The SMILES string of the molecule is CCCC(C)NC(=O)COC(=O)c1ccc(Nc2ccccc2)c([N+](=O)[O-])c1. The first-order chi connectivity index (χ1) is 13.4. The lowest BCUT2D eigenvalue weighted by Gasteiger charge is -2.13. The molecule has 148 valence electrons. The fourth-order valence-corrected chi connectivity index (χ4v) is 2.63. The van der Waals surface area contributed by atoms with E-state index in [9.17, 15) is 19.7 Å². The number of hydrogen-bond donors (Lipinski definition) is 2. The van der Waals surface area contributed by atoms with Crippen molar-refractivity contribution < 1.29 is 19.2 Å². The molecule has 2 rings (SSSR count). The molecule has 8 heteroatoms. The molecule has 0 saturated heterocycles. The van der Waals surface area contributed by atoms with Gasteiger partial charge in [0.1, 0.15) is 5.69 Å². The second-order valence-electron chi connectivity index (χ2n) is 6.31. The Morgan fingerprint density at radius 2 is 1.89 bits per heavy atom. The fraction of sp³-hybridized carbons (Fsp3) is 0.300. The van der Waals surface area contributed by atoms with E-state index in [1.54, 1.807) is 24.3 Å². The van der Waals surface area contributed by atoms with Crippen LogP contribution in [0.1, 0.15) is 37.0 Å². The van der Waals surface area contributed by atoms with E-state index in [2.05, 4.69) is 10.6 Å². The summed E-state index contributed by atoms with van der Waals surface area (Å²) in [6.07, 6.45) is 1.75. The molecule has 2 aromatic rings. The van der Waals surface area contributed by atoms with Crippen LogP contribution < -0.4 is 10.6 Å². The van der Waals surface area contributed by atoms with Crippen molar-refractivity contribution in [2.75, 3.05) is 11.9 Å². The number of nitrogens with zero attached hydrogens (tertiary/aromatic N) is 1. The summed E-state index contributed by atoms with van der Waals surface area (Å²) < 4.78 is 4.97. The number of carbonyl (C=O) groups is 2. The molecule has 2 aromatic carbocycles. The third kappa shape index (κ3) is 6.08. The summed E-state index contributed by atoms with van der Waals surface area (Å²) in [5, 5.41) is 17.1. The van der Waals surface area contributed by atoms with Crippen LogP contribution in [-0.2, 0) is 9.53 Å². The molecule has 0 aliphatic rings. The molecule has 0 heterocycles. The van der Waals surface area contributed by atoms with Crippen LogP contribution in [0, 0.1) is 10.1 Å². The Morgan fingerprint density at radius 3 is 2.54 bits per heavy atom. The molecule has 1 unspecified atom stereocenters. The van der Waals surface area contributed by atoms with Crippen LogP contribution in [0.4, 0.5) is 17.1 Å². The van der Waals surface area contributed by atoms with Gasteiger partial charge >= 0.3 is 5.97 Å². The van der Waals surface area contributed by atoms with Crippen molar-refractivity contribution in [1.82, 2.24) is 5.32 Å². The van der Waals surface area contributed by atoms with Gasteiger partial charge in [-0.25, -0.2) is 4.79 Å². The Labute approximate surface area is 163 Å². The van der Waals surface area contributed by atoms with Crippen LogP contribution in [0.5, 0.6) is 0 Å². The standard InChI is InChI=1S/C20H23N3O5/c1-3-7-14(2)21-19(24)13-28-20(25)15-10-11-17(18(12-15)23(26)27)22-16-8-5-4-6-9-16/h4-6,8-12,14,22H,3,7,13H2,1-2H3,(H,21,24). The molecular weight excluding hydrogens is 362 g/mol. The smallest absolute Gasteiger partial charge is 0.338 e. The molecule has 0 fully saturated rings. The van der Waals surface area contributed by atoms with Gasteiger partial charge in [0.25, 0.3) is 11.6 Å². The van der Waals surface area contributed by atoms with Gasteiger partial charge in [-0.1, -0.05) is 31.5 Å². The average Bonchev–Trinajstić information content (AvgIpc) is 2.67. The normalized spacial score (nSPS) is 11.4. The van der Waals surface area contributed by atoms with Gasteiger partial charge in [0, 0.05) is 17.8 Å². The largest absolute Gasteiger partial charge is 0.452 e. The molecule has 0 saturated carbocycles. The monoisotopic (exact) mass is 385 g/mol. The summed E-state index contributed by atoms with van der Waals surface area (Å²) in [5.74, 6) is -1.21. The molecule has 0 aromatic heterocycles. The number of ether oxygens (including phenoxy) is 1. The fourth-order valence-electron chi connectivity index (χ4n) is 2.63. The molecule has 0 bridgehead atoms. The zero-order valence-corrected chi connectivity index (χ0v) is 15.8. The highest BCUT2D eigenvalue weighted by atomic mass is 16.6. The lowest BCUT2D eigenvalue weighted by atomic mass is 10.1. The van der Waals surface area contributed by atoms with Gasteiger partial charge in [-0.2, -0.15) is 0 Å². The van der Waals surface area contributed by atoms with E-state index in [4.69, 9.17) is 4.74 Å². The van der Waals surface area contributed by atoms with Crippen molar-refractivity contribution in [2.45, 2.75) is 32.7 Å². The molecule has 1 atom stereocenters. The van der Waals surface area contributed by atoms with Crippen molar-refractivity contribution in [2.24, 2.45) is 0 Å². The summed E-state index contributed by atoms with van der Waals surface area (Å²) in [5.41, 5.74) is 0.664. The Morgan fingerprint density at radius 1 is 1.18 bits per heavy atom. The number of anilines is 2. The second kappa shape index (κ2) is 10.1. The van der Waals surface area contributed by atoms with Gasteiger partial charge in [0.05, 0.1) is 10.5 Å². The number of nitro benzene ring substituents is 1. The number of hydrogen-bond acceptors (Lipinski definition) is 6. The molecule has 0 aliphatic carbocycles. The van der Waals surface area contributed by atoms with Crippen LogP contribution in [0.2, 0.25) is 0 Å². The third-order valence-electron chi connectivity index (χ3n) is 3.95. The Balaban J connectivity index is 2.05. The Kier molecular flexibility index (Phi) is 7.50. The number of nitro groups is 1. The van der Waals surface area contributed by atoms with Crippen LogP contribution in [0.3, 0.4) is 0 Å². The molecule has 0 spiro atoms. The zero-order valence-electron chi connectivity index (χ0n) is 15.8. The number of esters is 1. The highest BCUT2D eigenvalue weighted by Crippen LogP contribution is 2.28. The van der Waals surface area contributed by atoms with Crippen LogP contribution in [0.25, 0.3) is 0 Å². The molecule has 8 nitrogen and oxygen atoms in total. The van der Waals surface area contributed by atoms with Crippen molar-refractivity contribution in [3.05, 3.63) is 64.2 Å². The molecule has 2 N–H and O–H groups in total. The first-order valence-corrected chi connectivity index (χ1v) is 8.97. The van der Waals surface area contributed by atoms with E-state index in [0.29, 0.717) is 5.69 Å². The van der Waals surface area contributed by atoms with E-state index in [1.165, 1.54) is 12.1 Å². The maximum Gasteiger partial charge on any atom is 0.338 e. The topological polar surface area (TPSA) is 111 Å². The number of benzene rings is 2. The van der Waals surface area contributed by atoms with E-state index in [1.807, 2.05) is 19.9 Å². The summed E-state index contributed by atoms with van der Waals surface area (Å²) in [6.45, 7) is 3.43. The molecule has 0 aliphatic heterocycles. The first-order valence-electron chi connectivity index (χ1n) is 8.97.